The van der Waals surface area contributed by atoms with E-state index in [2.05, 4.69) is 9.80 Å². The number of rotatable bonds is 3. The number of nitrogens with zero attached hydrogens (tertiary/aromatic N) is 2. The molecule has 2 saturated heterocycles. The zero-order chi connectivity index (χ0) is 14.7. The Morgan fingerprint density at radius 2 is 1.76 bits per heavy atom. The van der Waals surface area contributed by atoms with Crippen LogP contribution in [0.1, 0.15) is 42.5 Å². The minimum absolute atomic E-state index is 0.281. The summed E-state index contributed by atoms with van der Waals surface area (Å²) in [7, 11) is 0. The molecule has 0 unspecified atom stereocenters. The molecule has 0 saturated carbocycles. The van der Waals surface area contributed by atoms with Gasteiger partial charge < -0.3 is 9.80 Å². The van der Waals surface area contributed by atoms with E-state index in [4.69, 9.17) is 0 Å². The van der Waals surface area contributed by atoms with Crippen molar-refractivity contribution in [3.8, 4) is 0 Å². The van der Waals surface area contributed by atoms with Crippen molar-refractivity contribution in [3.05, 3.63) is 29.6 Å². The van der Waals surface area contributed by atoms with Gasteiger partial charge in [0.2, 0.25) is 0 Å². The SMILES string of the molecule is O=Cc1ccc(N2CCC(N3CCCCC3)CC2)c(F)c1. The Morgan fingerprint density at radius 3 is 2.38 bits per heavy atom. The zero-order valence-corrected chi connectivity index (χ0v) is 12.4. The maximum atomic E-state index is 14.1. The van der Waals surface area contributed by atoms with Crippen LogP contribution < -0.4 is 4.90 Å². The second-order valence-electron chi connectivity index (χ2n) is 6.14. The topological polar surface area (TPSA) is 23.6 Å². The summed E-state index contributed by atoms with van der Waals surface area (Å²) in [5.41, 5.74) is 1.04. The van der Waals surface area contributed by atoms with E-state index in [9.17, 15) is 9.18 Å². The molecule has 114 valence electrons. The molecule has 2 aliphatic heterocycles. The first kappa shape index (κ1) is 14.5. The van der Waals surface area contributed by atoms with Crippen LogP contribution in [0.15, 0.2) is 18.2 Å². The van der Waals surface area contributed by atoms with Gasteiger partial charge in [0, 0.05) is 24.7 Å². The highest BCUT2D eigenvalue weighted by Gasteiger charge is 2.26. The molecular weight excluding hydrogens is 267 g/mol. The van der Waals surface area contributed by atoms with E-state index in [1.807, 2.05) is 0 Å². The molecule has 2 aliphatic rings. The first-order valence-corrected chi connectivity index (χ1v) is 8.01. The second-order valence-corrected chi connectivity index (χ2v) is 6.14. The summed E-state index contributed by atoms with van der Waals surface area (Å²) in [6, 6.07) is 5.43. The third-order valence-electron chi connectivity index (χ3n) is 4.82. The molecule has 0 atom stereocenters. The van der Waals surface area contributed by atoms with E-state index in [0.29, 0.717) is 23.6 Å². The largest absolute Gasteiger partial charge is 0.369 e. The number of aldehydes is 1. The highest BCUT2D eigenvalue weighted by Crippen LogP contribution is 2.26. The lowest BCUT2D eigenvalue weighted by Gasteiger charge is -2.41. The summed E-state index contributed by atoms with van der Waals surface area (Å²) in [5.74, 6) is -0.281. The minimum atomic E-state index is -0.281. The van der Waals surface area contributed by atoms with E-state index < -0.39 is 0 Å². The first-order valence-electron chi connectivity index (χ1n) is 8.01. The van der Waals surface area contributed by atoms with Crippen LogP contribution in [0.4, 0.5) is 10.1 Å². The molecule has 3 rings (SSSR count). The van der Waals surface area contributed by atoms with Crippen molar-refractivity contribution in [2.45, 2.75) is 38.1 Å². The van der Waals surface area contributed by atoms with Crippen LogP contribution >= 0.6 is 0 Å². The van der Waals surface area contributed by atoms with E-state index in [-0.39, 0.29) is 5.82 Å². The van der Waals surface area contributed by atoms with Gasteiger partial charge >= 0.3 is 0 Å². The highest BCUT2D eigenvalue weighted by molar-refractivity contribution is 5.76. The smallest absolute Gasteiger partial charge is 0.150 e. The quantitative estimate of drug-likeness (QED) is 0.799. The fourth-order valence-electron chi connectivity index (χ4n) is 3.61. The standard InChI is InChI=1S/C17H23FN2O/c18-16-12-14(13-21)4-5-17(16)20-10-6-15(7-11-20)19-8-2-1-3-9-19/h4-5,12-13,15H,1-3,6-11H2. The van der Waals surface area contributed by atoms with E-state index >= 15 is 0 Å². The number of likely N-dealkylation sites (tertiary alicyclic amines) is 1. The fourth-order valence-corrected chi connectivity index (χ4v) is 3.61. The van der Waals surface area contributed by atoms with Gasteiger partial charge in [-0.05, 0) is 57.0 Å². The summed E-state index contributed by atoms with van der Waals surface area (Å²) in [6.07, 6.45) is 6.91. The van der Waals surface area contributed by atoms with Crippen LogP contribution in [-0.4, -0.2) is 43.4 Å². The molecule has 0 spiro atoms. The van der Waals surface area contributed by atoms with Gasteiger partial charge in [-0.1, -0.05) is 6.42 Å². The molecule has 1 aromatic rings. The fraction of sp³-hybridized carbons (Fsp3) is 0.588. The maximum Gasteiger partial charge on any atom is 0.150 e. The number of halogens is 1. The molecule has 0 aromatic heterocycles. The molecule has 0 amide bonds. The minimum Gasteiger partial charge on any atom is -0.369 e. The van der Waals surface area contributed by atoms with Crippen LogP contribution in [0.2, 0.25) is 0 Å². The van der Waals surface area contributed by atoms with Crippen molar-refractivity contribution in [1.82, 2.24) is 4.90 Å². The molecule has 0 bridgehead atoms. The average molecular weight is 290 g/mol. The molecule has 0 aliphatic carbocycles. The van der Waals surface area contributed by atoms with Crippen molar-refractivity contribution in [2.24, 2.45) is 0 Å². The van der Waals surface area contributed by atoms with Gasteiger partial charge in [-0.3, -0.25) is 4.79 Å². The monoisotopic (exact) mass is 290 g/mol. The Balaban J connectivity index is 1.61. The van der Waals surface area contributed by atoms with E-state index in [1.165, 1.54) is 38.4 Å². The molecule has 4 heteroatoms. The van der Waals surface area contributed by atoms with Crippen LogP contribution in [-0.2, 0) is 0 Å². The van der Waals surface area contributed by atoms with Crippen LogP contribution in [0, 0.1) is 5.82 Å². The summed E-state index contributed by atoms with van der Waals surface area (Å²) in [4.78, 5) is 15.4. The molecule has 1 aromatic carbocycles. The Hall–Kier alpha value is -1.42. The lowest BCUT2D eigenvalue weighted by atomic mass is 9.99. The molecule has 3 nitrogen and oxygen atoms in total. The normalized spacial score (nSPS) is 21.5. The summed E-state index contributed by atoms with van der Waals surface area (Å²) in [5, 5.41) is 0. The first-order chi connectivity index (χ1) is 10.3. The Bertz CT molecular complexity index is 492. The lowest BCUT2D eigenvalue weighted by molar-refractivity contribution is 0.112. The molecular formula is C17H23FN2O. The van der Waals surface area contributed by atoms with Gasteiger partial charge in [0.25, 0.3) is 0 Å². The predicted molar refractivity (Wildman–Crippen MR) is 82.4 cm³/mol. The number of hydrogen-bond acceptors (Lipinski definition) is 3. The summed E-state index contributed by atoms with van der Waals surface area (Å²) < 4.78 is 14.1. The number of carbonyl (C=O) groups excluding carboxylic acids is 1. The summed E-state index contributed by atoms with van der Waals surface area (Å²) >= 11 is 0. The predicted octanol–water partition coefficient (Wildman–Crippen LogP) is 3.09. The van der Waals surface area contributed by atoms with E-state index in [0.717, 1.165) is 25.9 Å². The maximum absolute atomic E-state index is 14.1. The number of anilines is 1. The Morgan fingerprint density at radius 1 is 1.05 bits per heavy atom. The molecule has 2 heterocycles. The van der Waals surface area contributed by atoms with Crippen LogP contribution in [0.5, 0.6) is 0 Å². The van der Waals surface area contributed by atoms with Crippen molar-refractivity contribution in [2.75, 3.05) is 31.1 Å². The molecule has 2 fully saturated rings. The number of benzene rings is 1. The number of hydrogen-bond donors (Lipinski definition) is 0. The molecule has 0 radical (unpaired) electrons. The van der Waals surface area contributed by atoms with Crippen LogP contribution in [0.25, 0.3) is 0 Å². The van der Waals surface area contributed by atoms with Gasteiger partial charge in [0.1, 0.15) is 12.1 Å². The summed E-state index contributed by atoms with van der Waals surface area (Å²) in [6.45, 7) is 4.26. The van der Waals surface area contributed by atoms with Crippen molar-refractivity contribution < 1.29 is 9.18 Å². The van der Waals surface area contributed by atoms with E-state index in [1.54, 1.807) is 12.1 Å². The molecule has 21 heavy (non-hydrogen) atoms. The van der Waals surface area contributed by atoms with Gasteiger partial charge in [-0.15, -0.1) is 0 Å². The second kappa shape index (κ2) is 6.56. The molecule has 0 N–H and O–H groups in total. The Kier molecular flexibility index (Phi) is 4.54. The van der Waals surface area contributed by atoms with Crippen molar-refractivity contribution in [3.63, 3.8) is 0 Å². The highest BCUT2D eigenvalue weighted by atomic mass is 19.1. The third kappa shape index (κ3) is 3.26. The number of piperidine rings is 2. The van der Waals surface area contributed by atoms with Crippen molar-refractivity contribution >= 4 is 12.0 Å². The zero-order valence-electron chi connectivity index (χ0n) is 12.4. The van der Waals surface area contributed by atoms with Gasteiger partial charge in [-0.2, -0.15) is 0 Å². The van der Waals surface area contributed by atoms with Gasteiger partial charge in [0.05, 0.1) is 5.69 Å². The Labute approximate surface area is 125 Å². The van der Waals surface area contributed by atoms with Crippen molar-refractivity contribution in [1.29, 1.82) is 0 Å². The third-order valence-corrected chi connectivity index (χ3v) is 4.82. The van der Waals surface area contributed by atoms with Gasteiger partial charge in [0.15, 0.2) is 0 Å². The van der Waals surface area contributed by atoms with Crippen LogP contribution in [0.3, 0.4) is 0 Å². The lowest BCUT2D eigenvalue weighted by Crippen LogP contribution is -2.46. The van der Waals surface area contributed by atoms with Gasteiger partial charge in [-0.25, -0.2) is 4.39 Å². The average Bonchev–Trinajstić information content (AvgIpc) is 2.56. The number of carbonyl (C=O) groups is 1.